The summed E-state index contributed by atoms with van der Waals surface area (Å²) in [5, 5.41) is 8.80. The molecule has 0 unspecified atom stereocenters. The number of nitrogens with zero attached hydrogens (tertiary/aromatic N) is 3. The summed E-state index contributed by atoms with van der Waals surface area (Å²) in [6.45, 7) is 2.08. The van der Waals surface area contributed by atoms with Crippen LogP contribution in [0.25, 0.3) is 22.4 Å². The molecule has 0 spiro atoms. The van der Waals surface area contributed by atoms with Gasteiger partial charge in [-0.3, -0.25) is 0 Å². The summed E-state index contributed by atoms with van der Waals surface area (Å²) in [5.41, 5.74) is 5.39. The Morgan fingerprint density at radius 3 is 2.80 bits per heavy atom. The van der Waals surface area contributed by atoms with Crippen molar-refractivity contribution in [3.8, 4) is 17.5 Å². The second-order valence-corrected chi connectivity index (χ2v) is 5.02. The molecule has 0 saturated carbocycles. The van der Waals surface area contributed by atoms with Crippen molar-refractivity contribution in [3.63, 3.8) is 0 Å². The van der Waals surface area contributed by atoms with Gasteiger partial charge < -0.3 is 4.57 Å². The first-order valence-electron chi connectivity index (χ1n) is 6.58. The van der Waals surface area contributed by atoms with Crippen molar-refractivity contribution in [1.29, 1.82) is 5.26 Å². The summed E-state index contributed by atoms with van der Waals surface area (Å²) in [5.74, 6) is 0.956. The zero-order valence-corrected chi connectivity index (χ0v) is 11.6. The number of benzene rings is 2. The Morgan fingerprint density at radius 1 is 1.20 bits per heavy atom. The van der Waals surface area contributed by atoms with E-state index in [1.165, 1.54) is 5.56 Å². The van der Waals surface area contributed by atoms with Crippen LogP contribution in [0.4, 0.5) is 0 Å². The zero-order valence-electron chi connectivity index (χ0n) is 11.6. The van der Waals surface area contributed by atoms with Crippen LogP contribution in [0.1, 0.15) is 11.1 Å². The molecule has 0 aliphatic carbocycles. The van der Waals surface area contributed by atoms with Crippen molar-refractivity contribution in [2.75, 3.05) is 0 Å². The third-order valence-electron chi connectivity index (χ3n) is 3.50. The van der Waals surface area contributed by atoms with Crippen LogP contribution in [0.3, 0.4) is 0 Å². The molecular formula is C17H15N3. The minimum absolute atomic E-state index is 0.431. The highest BCUT2D eigenvalue weighted by Crippen LogP contribution is 2.25. The predicted molar refractivity (Wildman–Crippen MR) is 80.2 cm³/mol. The van der Waals surface area contributed by atoms with E-state index >= 15 is 0 Å². The average Bonchev–Trinajstić information content (AvgIpc) is 2.77. The minimum atomic E-state index is 0.431. The lowest BCUT2D eigenvalue weighted by Crippen LogP contribution is -1.93. The number of fused-ring (bicyclic) bond motifs is 1. The summed E-state index contributed by atoms with van der Waals surface area (Å²) >= 11 is 0. The van der Waals surface area contributed by atoms with Crippen molar-refractivity contribution < 1.29 is 0 Å². The second-order valence-electron chi connectivity index (χ2n) is 5.02. The summed E-state index contributed by atoms with van der Waals surface area (Å²) in [4.78, 5) is 4.70. The average molecular weight is 261 g/mol. The van der Waals surface area contributed by atoms with E-state index < -0.39 is 0 Å². The maximum atomic E-state index is 8.80. The van der Waals surface area contributed by atoms with Crippen molar-refractivity contribution in [2.24, 2.45) is 7.05 Å². The smallest absolute Gasteiger partial charge is 0.140 e. The minimum Gasteiger partial charge on any atom is -0.327 e. The van der Waals surface area contributed by atoms with E-state index in [4.69, 9.17) is 10.2 Å². The lowest BCUT2D eigenvalue weighted by Gasteiger charge is -2.03. The highest BCUT2D eigenvalue weighted by molar-refractivity contribution is 5.81. The SMILES string of the molecule is Cc1cccc(-c2nc3ccc(CC#N)cc3n2C)c1. The molecule has 0 saturated heterocycles. The second kappa shape index (κ2) is 4.82. The molecule has 0 aliphatic rings. The maximum absolute atomic E-state index is 8.80. The molecule has 98 valence electrons. The first-order valence-corrected chi connectivity index (χ1v) is 6.58. The Kier molecular flexibility index (Phi) is 3.00. The number of aryl methyl sites for hydroxylation is 2. The number of aromatic nitrogens is 2. The first kappa shape index (κ1) is 12.4. The molecule has 3 rings (SSSR count). The van der Waals surface area contributed by atoms with Gasteiger partial charge in [-0.05, 0) is 30.7 Å². The molecule has 20 heavy (non-hydrogen) atoms. The van der Waals surface area contributed by atoms with E-state index in [0.29, 0.717) is 6.42 Å². The predicted octanol–water partition coefficient (Wildman–Crippen LogP) is 3.61. The number of hydrogen-bond acceptors (Lipinski definition) is 2. The van der Waals surface area contributed by atoms with Gasteiger partial charge in [0, 0.05) is 12.6 Å². The Bertz CT molecular complexity index is 822. The number of hydrogen-bond donors (Lipinski definition) is 0. The van der Waals surface area contributed by atoms with Crippen LogP contribution in [-0.4, -0.2) is 9.55 Å². The molecule has 1 heterocycles. The van der Waals surface area contributed by atoms with Gasteiger partial charge in [0.05, 0.1) is 23.5 Å². The van der Waals surface area contributed by atoms with E-state index in [0.717, 1.165) is 28.0 Å². The van der Waals surface area contributed by atoms with E-state index in [-0.39, 0.29) is 0 Å². The Labute approximate surface area is 118 Å². The fraction of sp³-hybridized carbons (Fsp3) is 0.176. The van der Waals surface area contributed by atoms with Crippen LogP contribution >= 0.6 is 0 Å². The first-order chi connectivity index (χ1) is 9.69. The van der Waals surface area contributed by atoms with Crippen molar-refractivity contribution in [3.05, 3.63) is 53.6 Å². The molecule has 0 amide bonds. The number of rotatable bonds is 2. The summed E-state index contributed by atoms with van der Waals surface area (Å²) < 4.78 is 2.09. The third kappa shape index (κ3) is 2.06. The Morgan fingerprint density at radius 2 is 2.05 bits per heavy atom. The van der Waals surface area contributed by atoms with Gasteiger partial charge in [-0.15, -0.1) is 0 Å². The Hall–Kier alpha value is -2.60. The largest absolute Gasteiger partial charge is 0.327 e. The van der Waals surface area contributed by atoms with Crippen molar-refractivity contribution in [2.45, 2.75) is 13.3 Å². The zero-order chi connectivity index (χ0) is 14.1. The van der Waals surface area contributed by atoms with Crippen LogP contribution in [0.15, 0.2) is 42.5 Å². The van der Waals surface area contributed by atoms with Gasteiger partial charge in [-0.1, -0.05) is 29.8 Å². The highest BCUT2D eigenvalue weighted by Gasteiger charge is 2.10. The van der Waals surface area contributed by atoms with Crippen molar-refractivity contribution in [1.82, 2.24) is 9.55 Å². The third-order valence-corrected chi connectivity index (χ3v) is 3.50. The molecule has 0 N–H and O–H groups in total. The molecule has 1 aromatic heterocycles. The summed E-state index contributed by atoms with van der Waals surface area (Å²) in [6, 6.07) is 16.5. The van der Waals surface area contributed by atoms with Crippen LogP contribution in [-0.2, 0) is 13.5 Å². The molecule has 3 heteroatoms. The summed E-state index contributed by atoms with van der Waals surface area (Å²) in [7, 11) is 2.02. The molecule has 0 fully saturated rings. The van der Waals surface area contributed by atoms with Gasteiger partial charge in [0.1, 0.15) is 5.82 Å². The Balaban J connectivity index is 2.18. The van der Waals surface area contributed by atoms with Crippen LogP contribution in [0.2, 0.25) is 0 Å². The molecule has 0 aliphatic heterocycles. The number of imidazole rings is 1. The van der Waals surface area contributed by atoms with E-state index in [1.807, 2.05) is 31.3 Å². The van der Waals surface area contributed by atoms with Crippen LogP contribution < -0.4 is 0 Å². The molecule has 0 radical (unpaired) electrons. The van der Waals surface area contributed by atoms with E-state index in [2.05, 4.69) is 35.8 Å². The van der Waals surface area contributed by atoms with Crippen LogP contribution in [0, 0.1) is 18.3 Å². The lowest BCUT2D eigenvalue weighted by atomic mass is 10.1. The van der Waals surface area contributed by atoms with E-state index in [1.54, 1.807) is 0 Å². The maximum Gasteiger partial charge on any atom is 0.140 e. The quantitative estimate of drug-likeness (QED) is 0.707. The molecule has 0 bridgehead atoms. The van der Waals surface area contributed by atoms with Gasteiger partial charge in [0.25, 0.3) is 0 Å². The molecule has 0 atom stereocenters. The fourth-order valence-corrected chi connectivity index (χ4v) is 2.48. The standard InChI is InChI=1S/C17H15N3/c1-12-4-3-5-14(10-12)17-19-15-7-6-13(8-9-18)11-16(15)20(17)2/h3-7,10-11H,8H2,1-2H3. The summed E-state index contributed by atoms with van der Waals surface area (Å²) in [6.07, 6.45) is 0.431. The van der Waals surface area contributed by atoms with Gasteiger partial charge in [0.15, 0.2) is 0 Å². The molecule has 3 aromatic rings. The number of nitriles is 1. The lowest BCUT2D eigenvalue weighted by molar-refractivity contribution is 0.958. The topological polar surface area (TPSA) is 41.6 Å². The molecule has 2 aromatic carbocycles. The van der Waals surface area contributed by atoms with E-state index in [9.17, 15) is 0 Å². The molecular weight excluding hydrogens is 246 g/mol. The highest BCUT2D eigenvalue weighted by atomic mass is 15.1. The monoisotopic (exact) mass is 261 g/mol. The van der Waals surface area contributed by atoms with Gasteiger partial charge >= 0.3 is 0 Å². The molecule has 3 nitrogen and oxygen atoms in total. The fourth-order valence-electron chi connectivity index (χ4n) is 2.48. The van der Waals surface area contributed by atoms with Gasteiger partial charge in [-0.25, -0.2) is 4.98 Å². The normalized spacial score (nSPS) is 10.7. The van der Waals surface area contributed by atoms with Crippen molar-refractivity contribution >= 4 is 11.0 Å². The van der Waals surface area contributed by atoms with Gasteiger partial charge in [0.2, 0.25) is 0 Å². The van der Waals surface area contributed by atoms with Crippen LogP contribution in [0.5, 0.6) is 0 Å². The van der Waals surface area contributed by atoms with Gasteiger partial charge in [-0.2, -0.15) is 5.26 Å².